The summed E-state index contributed by atoms with van der Waals surface area (Å²) in [6.45, 7) is 5.27. The Morgan fingerprint density at radius 3 is 2.57 bits per heavy atom. The van der Waals surface area contributed by atoms with Gasteiger partial charge < -0.3 is 19.7 Å². The number of imidazole rings is 1. The van der Waals surface area contributed by atoms with E-state index in [0.29, 0.717) is 25.5 Å². The number of nitrogens with one attached hydrogen (secondary N) is 1. The summed E-state index contributed by atoms with van der Waals surface area (Å²) in [6.07, 6.45) is 6.11. The van der Waals surface area contributed by atoms with Gasteiger partial charge in [0.05, 0.1) is 6.61 Å². The molecule has 0 aliphatic heterocycles. The maximum absolute atomic E-state index is 12.5. The van der Waals surface area contributed by atoms with Crippen molar-refractivity contribution in [3.63, 3.8) is 0 Å². The number of phenols is 1. The van der Waals surface area contributed by atoms with Gasteiger partial charge in [-0.05, 0) is 31.0 Å². The Balaban J connectivity index is 2.04. The first-order chi connectivity index (χ1) is 13.5. The van der Waals surface area contributed by atoms with Crippen molar-refractivity contribution < 1.29 is 19.4 Å². The van der Waals surface area contributed by atoms with Crippen molar-refractivity contribution in [1.29, 1.82) is 0 Å². The van der Waals surface area contributed by atoms with Gasteiger partial charge in [-0.25, -0.2) is 4.98 Å². The summed E-state index contributed by atoms with van der Waals surface area (Å²) in [4.78, 5) is 28.7. The second-order valence-corrected chi connectivity index (χ2v) is 6.63. The molecule has 2 aromatic rings. The van der Waals surface area contributed by atoms with Crippen molar-refractivity contribution in [2.75, 3.05) is 6.61 Å². The Bertz CT molecular complexity index is 768. The largest absolute Gasteiger partial charge is 0.508 e. The van der Waals surface area contributed by atoms with Crippen LogP contribution in [0, 0.1) is 0 Å². The van der Waals surface area contributed by atoms with E-state index in [1.54, 1.807) is 37.4 Å². The average Bonchev–Trinajstić information content (AvgIpc) is 3.07. The van der Waals surface area contributed by atoms with Gasteiger partial charge in [-0.2, -0.15) is 0 Å². The van der Waals surface area contributed by atoms with Gasteiger partial charge in [0.1, 0.15) is 23.7 Å². The number of hydrogen-bond donors (Lipinski definition) is 2. The Hall–Kier alpha value is -2.83. The number of esters is 1. The first kappa shape index (κ1) is 21.5. The van der Waals surface area contributed by atoms with Gasteiger partial charge in [0, 0.05) is 19.3 Å². The molecule has 0 aliphatic rings. The molecule has 1 heterocycles. The fourth-order valence-corrected chi connectivity index (χ4v) is 2.84. The number of phenolic OH excluding ortho intramolecular Hbond substituents is 1. The van der Waals surface area contributed by atoms with Crippen LogP contribution in [-0.4, -0.2) is 33.1 Å². The fraction of sp³-hybridized carbons (Fsp3) is 0.476. The number of carbonyl (C=O) groups is 2. The number of aryl methyl sites for hydroxylation is 1. The molecule has 152 valence electrons. The van der Waals surface area contributed by atoms with Crippen LogP contribution < -0.4 is 5.32 Å². The minimum atomic E-state index is -0.348. The third kappa shape index (κ3) is 6.72. The van der Waals surface area contributed by atoms with Crippen molar-refractivity contribution in [3.05, 3.63) is 47.5 Å². The molecule has 1 aromatic carbocycles. The van der Waals surface area contributed by atoms with E-state index in [1.165, 1.54) is 0 Å². The standard InChI is InChI=1S/C21H29N3O4/c1-3-5-6-7-12-24-15-18(23-19(24)13-20(26)28-4-2)21(27)22-14-16-8-10-17(25)11-9-16/h8-11,15,25H,3-7,12-14H2,1-2H3,(H,22,27). The Labute approximate surface area is 165 Å². The van der Waals surface area contributed by atoms with Crippen LogP contribution in [0.4, 0.5) is 0 Å². The van der Waals surface area contributed by atoms with Gasteiger partial charge in [0.2, 0.25) is 0 Å². The molecule has 2 rings (SSSR count). The van der Waals surface area contributed by atoms with Gasteiger partial charge in [0.15, 0.2) is 0 Å². The number of benzene rings is 1. The summed E-state index contributed by atoms with van der Waals surface area (Å²) in [5.41, 5.74) is 1.16. The first-order valence-corrected chi connectivity index (χ1v) is 9.81. The summed E-state index contributed by atoms with van der Waals surface area (Å²) >= 11 is 0. The second-order valence-electron chi connectivity index (χ2n) is 6.63. The van der Waals surface area contributed by atoms with Crippen LogP contribution in [0.15, 0.2) is 30.5 Å². The molecule has 7 heteroatoms. The third-order valence-corrected chi connectivity index (χ3v) is 4.34. The van der Waals surface area contributed by atoms with Gasteiger partial charge >= 0.3 is 5.97 Å². The van der Waals surface area contributed by atoms with Crippen LogP contribution in [-0.2, 0) is 29.0 Å². The van der Waals surface area contributed by atoms with Crippen molar-refractivity contribution >= 4 is 11.9 Å². The molecule has 1 amide bonds. The van der Waals surface area contributed by atoms with E-state index in [-0.39, 0.29) is 29.7 Å². The summed E-state index contributed by atoms with van der Waals surface area (Å²) < 4.78 is 6.89. The van der Waals surface area contributed by atoms with Gasteiger partial charge in [-0.1, -0.05) is 38.3 Å². The summed E-state index contributed by atoms with van der Waals surface area (Å²) in [7, 11) is 0. The number of unbranched alkanes of at least 4 members (excludes halogenated alkanes) is 3. The zero-order valence-corrected chi connectivity index (χ0v) is 16.6. The van der Waals surface area contributed by atoms with Crippen molar-refractivity contribution in [1.82, 2.24) is 14.9 Å². The number of amides is 1. The Morgan fingerprint density at radius 2 is 1.89 bits per heavy atom. The quantitative estimate of drug-likeness (QED) is 0.456. The zero-order chi connectivity index (χ0) is 20.4. The molecule has 0 aliphatic carbocycles. The van der Waals surface area contributed by atoms with Gasteiger partial charge in [0.25, 0.3) is 5.91 Å². The van der Waals surface area contributed by atoms with Gasteiger partial charge in [-0.15, -0.1) is 0 Å². The average molecular weight is 387 g/mol. The smallest absolute Gasteiger partial charge is 0.313 e. The number of rotatable bonds is 11. The molecule has 1 aromatic heterocycles. The Kier molecular flexibility index (Phi) is 8.52. The SMILES string of the molecule is CCCCCCn1cc(C(=O)NCc2ccc(O)cc2)nc1CC(=O)OCC. The molecule has 28 heavy (non-hydrogen) atoms. The number of nitrogens with zero attached hydrogens (tertiary/aromatic N) is 2. The van der Waals surface area contributed by atoms with Crippen LogP contribution >= 0.6 is 0 Å². The van der Waals surface area contributed by atoms with Crippen LogP contribution in [0.2, 0.25) is 0 Å². The molecule has 2 N–H and O–H groups in total. The lowest BCUT2D eigenvalue weighted by Gasteiger charge is -2.07. The van der Waals surface area contributed by atoms with E-state index in [2.05, 4.69) is 17.2 Å². The molecule has 0 radical (unpaired) electrons. The maximum atomic E-state index is 12.5. The molecule has 0 unspecified atom stereocenters. The van der Waals surface area contributed by atoms with Crippen LogP contribution in [0.5, 0.6) is 5.75 Å². The highest BCUT2D eigenvalue weighted by atomic mass is 16.5. The molecule has 0 saturated carbocycles. The highest BCUT2D eigenvalue weighted by Gasteiger charge is 2.17. The highest BCUT2D eigenvalue weighted by molar-refractivity contribution is 5.92. The van der Waals surface area contributed by atoms with E-state index in [9.17, 15) is 14.7 Å². The molecule has 0 spiro atoms. The van der Waals surface area contributed by atoms with E-state index < -0.39 is 0 Å². The summed E-state index contributed by atoms with van der Waals surface area (Å²) in [5.74, 6) is 0.0784. The van der Waals surface area contributed by atoms with Crippen LogP contribution in [0.1, 0.15) is 61.4 Å². The molecule has 7 nitrogen and oxygen atoms in total. The minimum absolute atomic E-state index is 0.0485. The molecular formula is C21H29N3O4. The number of carbonyl (C=O) groups excluding carboxylic acids is 2. The van der Waals surface area contributed by atoms with Crippen molar-refractivity contribution in [2.24, 2.45) is 0 Å². The van der Waals surface area contributed by atoms with Gasteiger partial charge in [-0.3, -0.25) is 9.59 Å². The highest BCUT2D eigenvalue weighted by Crippen LogP contribution is 2.11. The Morgan fingerprint density at radius 1 is 1.14 bits per heavy atom. The lowest BCUT2D eigenvalue weighted by Crippen LogP contribution is -2.23. The van der Waals surface area contributed by atoms with E-state index >= 15 is 0 Å². The fourth-order valence-electron chi connectivity index (χ4n) is 2.84. The number of hydrogen-bond acceptors (Lipinski definition) is 5. The first-order valence-electron chi connectivity index (χ1n) is 9.81. The molecule has 0 saturated heterocycles. The summed E-state index contributed by atoms with van der Waals surface area (Å²) in [6, 6.07) is 6.64. The molecule has 0 fully saturated rings. The third-order valence-electron chi connectivity index (χ3n) is 4.34. The van der Waals surface area contributed by atoms with Crippen LogP contribution in [0.3, 0.4) is 0 Å². The number of aromatic hydroxyl groups is 1. The van der Waals surface area contributed by atoms with E-state index in [1.807, 2.05) is 4.57 Å². The van der Waals surface area contributed by atoms with E-state index in [0.717, 1.165) is 31.2 Å². The topological polar surface area (TPSA) is 93.5 Å². The van der Waals surface area contributed by atoms with E-state index in [4.69, 9.17) is 4.74 Å². The van der Waals surface area contributed by atoms with Crippen molar-refractivity contribution in [3.8, 4) is 5.75 Å². The predicted octanol–water partition coefficient (Wildman–Crippen LogP) is 3.20. The maximum Gasteiger partial charge on any atom is 0.313 e. The summed E-state index contributed by atoms with van der Waals surface area (Å²) in [5, 5.41) is 12.1. The lowest BCUT2D eigenvalue weighted by molar-refractivity contribution is -0.142. The second kappa shape index (κ2) is 11.1. The monoisotopic (exact) mass is 387 g/mol. The minimum Gasteiger partial charge on any atom is -0.508 e. The normalized spacial score (nSPS) is 10.6. The molecular weight excluding hydrogens is 358 g/mol. The predicted molar refractivity (Wildman–Crippen MR) is 106 cm³/mol. The van der Waals surface area contributed by atoms with Crippen LogP contribution in [0.25, 0.3) is 0 Å². The molecule has 0 bridgehead atoms. The molecule has 0 atom stereocenters. The lowest BCUT2D eigenvalue weighted by atomic mass is 10.2. The van der Waals surface area contributed by atoms with Crippen molar-refractivity contribution in [2.45, 2.75) is 59.0 Å². The number of ether oxygens (including phenoxy) is 1. The number of aromatic nitrogens is 2. The zero-order valence-electron chi connectivity index (χ0n) is 16.6.